The molecule has 37 heavy (non-hydrogen) atoms. The Morgan fingerprint density at radius 2 is 1.35 bits per heavy atom. The molecule has 0 saturated carbocycles. The van der Waals surface area contributed by atoms with Gasteiger partial charge in [0.25, 0.3) is 0 Å². The molecule has 4 nitrogen and oxygen atoms in total. The third-order valence-corrected chi connectivity index (χ3v) is 7.59. The van der Waals surface area contributed by atoms with E-state index in [4.69, 9.17) is 46.4 Å². The molecule has 190 valence electrons. The van der Waals surface area contributed by atoms with Crippen LogP contribution in [-0.2, 0) is 16.0 Å². The molecule has 1 unspecified atom stereocenters. The van der Waals surface area contributed by atoms with Gasteiger partial charge in [0, 0.05) is 24.2 Å². The van der Waals surface area contributed by atoms with Gasteiger partial charge in [0.2, 0.25) is 5.91 Å². The lowest BCUT2D eigenvalue weighted by atomic mass is 9.93. The number of likely N-dealkylation sites (tertiary alicyclic amines) is 1. The normalized spacial score (nSPS) is 16.9. The maximum atomic E-state index is 13.7. The minimum absolute atomic E-state index is 0.0982. The van der Waals surface area contributed by atoms with Crippen molar-refractivity contribution in [3.63, 3.8) is 0 Å². The van der Waals surface area contributed by atoms with Crippen molar-refractivity contribution >= 4 is 70.2 Å². The summed E-state index contributed by atoms with van der Waals surface area (Å²) in [5.41, 5.74) is 3.42. The highest BCUT2D eigenvalue weighted by atomic mass is 35.5. The fourth-order valence-electron chi connectivity index (χ4n) is 4.18. The Morgan fingerprint density at radius 1 is 0.838 bits per heavy atom. The summed E-state index contributed by atoms with van der Waals surface area (Å²) in [4.78, 5) is 28.9. The smallest absolute Gasteiger partial charge is 0.240 e. The molecule has 1 saturated heterocycles. The Labute approximate surface area is 236 Å². The molecule has 0 aliphatic carbocycles. The molecule has 4 rings (SSSR count). The van der Waals surface area contributed by atoms with Crippen molar-refractivity contribution in [3.05, 3.63) is 115 Å². The van der Waals surface area contributed by atoms with Crippen molar-refractivity contribution in [2.75, 3.05) is 20.1 Å². The number of carbonyl (C=O) groups excluding carboxylic acids is 2. The Bertz CT molecular complexity index is 1310. The van der Waals surface area contributed by atoms with Gasteiger partial charge >= 0.3 is 0 Å². The molecule has 3 aromatic carbocycles. The molecular weight excluding hydrogens is 550 g/mol. The number of nitrogens with zero attached hydrogens (tertiary/aromatic N) is 1. The minimum Gasteiger partial charge on any atom is -0.332 e. The highest BCUT2D eigenvalue weighted by Crippen LogP contribution is 2.28. The van der Waals surface area contributed by atoms with Crippen LogP contribution >= 0.6 is 46.4 Å². The van der Waals surface area contributed by atoms with Crippen LogP contribution < -0.4 is 5.32 Å². The number of ketones is 1. The maximum absolute atomic E-state index is 13.7. The number of carbonyl (C=O) groups is 2. The van der Waals surface area contributed by atoms with Gasteiger partial charge in [-0.2, -0.15) is 0 Å². The first-order chi connectivity index (χ1) is 17.7. The average molecular weight is 574 g/mol. The lowest BCUT2D eigenvalue weighted by Gasteiger charge is -2.33. The van der Waals surface area contributed by atoms with E-state index in [-0.39, 0.29) is 24.8 Å². The Balaban J connectivity index is 1.70. The van der Waals surface area contributed by atoms with E-state index in [0.717, 1.165) is 16.7 Å². The minimum atomic E-state index is -0.451. The number of amides is 1. The molecule has 1 heterocycles. The van der Waals surface area contributed by atoms with Crippen LogP contribution in [0.3, 0.4) is 0 Å². The number of rotatable bonds is 6. The van der Waals surface area contributed by atoms with Crippen molar-refractivity contribution in [1.29, 1.82) is 0 Å². The maximum Gasteiger partial charge on any atom is 0.240 e. The topological polar surface area (TPSA) is 49.4 Å². The second kappa shape index (κ2) is 12.3. The van der Waals surface area contributed by atoms with Gasteiger partial charge in [0.05, 0.1) is 26.1 Å². The fourth-order valence-corrected chi connectivity index (χ4v) is 4.80. The van der Waals surface area contributed by atoms with Crippen molar-refractivity contribution in [2.24, 2.45) is 0 Å². The Morgan fingerprint density at radius 3 is 1.81 bits per heavy atom. The summed E-state index contributed by atoms with van der Waals surface area (Å²) >= 11 is 24.5. The predicted octanol–water partition coefficient (Wildman–Crippen LogP) is 7.01. The summed E-state index contributed by atoms with van der Waals surface area (Å²) in [5, 5.41) is 4.76. The molecule has 1 atom stereocenters. The average Bonchev–Trinajstić information content (AvgIpc) is 2.89. The van der Waals surface area contributed by atoms with Crippen molar-refractivity contribution in [3.8, 4) is 0 Å². The molecule has 0 radical (unpaired) electrons. The van der Waals surface area contributed by atoms with Crippen LogP contribution in [0.5, 0.6) is 0 Å². The fraction of sp³-hybridized carbons (Fsp3) is 0.172. The zero-order chi connectivity index (χ0) is 26.5. The number of hydrogen-bond donors (Lipinski definition) is 1. The third-order valence-electron chi connectivity index (χ3n) is 6.12. The van der Waals surface area contributed by atoms with Crippen molar-refractivity contribution in [2.45, 2.75) is 12.5 Å². The number of likely N-dealkylation sites (N-methyl/N-ethyl adjacent to an activating group) is 1. The van der Waals surface area contributed by atoms with E-state index >= 15 is 0 Å². The molecule has 1 fully saturated rings. The molecule has 0 bridgehead atoms. The molecule has 3 aromatic rings. The summed E-state index contributed by atoms with van der Waals surface area (Å²) in [7, 11) is 1.76. The van der Waals surface area contributed by atoms with Gasteiger partial charge in [0.15, 0.2) is 5.78 Å². The zero-order valence-corrected chi connectivity index (χ0v) is 23.0. The number of piperidine rings is 1. The van der Waals surface area contributed by atoms with E-state index in [2.05, 4.69) is 5.32 Å². The van der Waals surface area contributed by atoms with Crippen LogP contribution in [0.25, 0.3) is 12.2 Å². The van der Waals surface area contributed by atoms with E-state index in [1.165, 1.54) is 0 Å². The quantitative estimate of drug-likeness (QED) is 0.323. The molecule has 0 aromatic heterocycles. The summed E-state index contributed by atoms with van der Waals surface area (Å²) < 4.78 is 0. The standard InChI is InChI=1S/C29H24Cl4N2O2/c1-34-27(15-18-5-3-2-4-6-18)29(37)35-16-21(11-19-7-9-23(30)25(32)13-19)28(36)22(17-35)12-20-8-10-24(31)26(33)14-20/h2-14,27,34H,15-17H2,1H3/b21-11+,22-12+. The third kappa shape index (κ3) is 6.84. The number of nitrogens with one attached hydrogen (secondary N) is 1. The van der Waals surface area contributed by atoms with E-state index in [1.807, 2.05) is 30.3 Å². The number of benzene rings is 3. The van der Waals surface area contributed by atoms with Gasteiger partial charge in [-0.15, -0.1) is 0 Å². The molecule has 8 heteroatoms. The summed E-state index contributed by atoms with van der Waals surface area (Å²) in [6.45, 7) is 0.340. The van der Waals surface area contributed by atoms with Crippen LogP contribution in [0.1, 0.15) is 16.7 Å². The number of halogens is 4. The predicted molar refractivity (Wildman–Crippen MR) is 153 cm³/mol. The Kier molecular flexibility index (Phi) is 9.12. The lowest BCUT2D eigenvalue weighted by molar-refractivity contribution is -0.133. The van der Waals surface area contributed by atoms with E-state index in [1.54, 1.807) is 60.5 Å². The van der Waals surface area contributed by atoms with Crippen molar-refractivity contribution < 1.29 is 9.59 Å². The highest BCUT2D eigenvalue weighted by Gasteiger charge is 2.32. The largest absolute Gasteiger partial charge is 0.332 e. The summed E-state index contributed by atoms with van der Waals surface area (Å²) in [6, 6.07) is 19.7. The van der Waals surface area contributed by atoms with Gasteiger partial charge in [-0.3, -0.25) is 9.59 Å². The van der Waals surface area contributed by atoms with Gasteiger partial charge in [-0.1, -0.05) is 88.9 Å². The molecular formula is C29H24Cl4N2O2. The van der Waals surface area contributed by atoms with Gasteiger partial charge < -0.3 is 10.2 Å². The number of Topliss-reactive ketones (excluding diaryl/α,β-unsaturated/α-hetero) is 1. The van der Waals surface area contributed by atoms with Crippen LogP contribution in [0.15, 0.2) is 77.9 Å². The second-order valence-corrected chi connectivity index (χ2v) is 10.4. The van der Waals surface area contributed by atoms with E-state index < -0.39 is 6.04 Å². The zero-order valence-electron chi connectivity index (χ0n) is 20.0. The molecule has 1 amide bonds. The van der Waals surface area contributed by atoms with Crippen LogP contribution in [0.2, 0.25) is 20.1 Å². The highest BCUT2D eigenvalue weighted by molar-refractivity contribution is 6.42. The van der Waals surface area contributed by atoms with Gasteiger partial charge in [0.1, 0.15) is 0 Å². The molecule has 1 aliphatic rings. The van der Waals surface area contributed by atoms with Crippen LogP contribution in [0, 0.1) is 0 Å². The van der Waals surface area contributed by atoms with Crippen LogP contribution in [-0.4, -0.2) is 42.8 Å². The van der Waals surface area contributed by atoms with Crippen LogP contribution in [0.4, 0.5) is 0 Å². The summed E-state index contributed by atoms with van der Waals surface area (Å²) in [5.74, 6) is -0.246. The molecule has 1 N–H and O–H groups in total. The van der Waals surface area contributed by atoms with Gasteiger partial charge in [-0.05, 0) is 66.6 Å². The first kappa shape index (κ1) is 27.4. The van der Waals surface area contributed by atoms with Crippen molar-refractivity contribution in [1.82, 2.24) is 10.2 Å². The summed E-state index contributed by atoms with van der Waals surface area (Å²) in [6.07, 6.45) is 4.02. The number of hydrogen-bond acceptors (Lipinski definition) is 3. The first-order valence-corrected chi connectivity index (χ1v) is 13.1. The monoisotopic (exact) mass is 572 g/mol. The first-order valence-electron chi connectivity index (χ1n) is 11.6. The second-order valence-electron chi connectivity index (χ2n) is 8.74. The SMILES string of the molecule is CNC(Cc1ccccc1)C(=O)N1C/C(=C\c2ccc(Cl)c(Cl)c2)C(=O)/C(=C/c2ccc(Cl)c(Cl)c2)C1. The van der Waals surface area contributed by atoms with Gasteiger partial charge in [-0.25, -0.2) is 0 Å². The van der Waals surface area contributed by atoms with E-state index in [0.29, 0.717) is 37.7 Å². The lowest BCUT2D eigenvalue weighted by Crippen LogP contribution is -2.50. The molecule has 0 spiro atoms. The Hall–Kier alpha value is -2.60. The van der Waals surface area contributed by atoms with E-state index in [9.17, 15) is 9.59 Å². The molecule has 1 aliphatic heterocycles.